The van der Waals surface area contributed by atoms with Crippen molar-refractivity contribution in [2.45, 2.75) is 75.7 Å². The fraction of sp³-hybridized carbons (Fsp3) is 0.542. The number of aliphatic carboxylic acids is 1. The molecule has 0 aromatic heterocycles. The van der Waals surface area contributed by atoms with E-state index in [0.29, 0.717) is 24.9 Å². The third kappa shape index (κ3) is 11.8. The summed E-state index contributed by atoms with van der Waals surface area (Å²) in [4.78, 5) is 61.6. The molecule has 4 amide bonds. The molecule has 0 radical (unpaired) electrons. The summed E-state index contributed by atoms with van der Waals surface area (Å²) in [6.45, 7) is 1.68. The fourth-order valence-corrected chi connectivity index (χ4v) is 3.40. The second-order valence-corrected chi connectivity index (χ2v) is 8.77. The second-order valence-electron chi connectivity index (χ2n) is 8.77. The zero-order chi connectivity index (χ0) is 28.0. The van der Waals surface area contributed by atoms with Crippen LogP contribution in [0, 0.1) is 0 Å². The predicted molar refractivity (Wildman–Crippen MR) is 135 cm³/mol. The minimum absolute atomic E-state index is 0.00654. The topological polar surface area (TPSA) is 240 Å². The van der Waals surface area contributed by atoms with E-state index in [-0.39, 0.29) is 25.7 Å². The van der Waals surface area contributed by atoms with Crippen LogP contribution >= 0.6 is 0 Å². The Morgan fingerprint density at radius 1 is 0.865 bits per heavy atom. The molecule has 1 aromatic rings. The molecule has 13 nitrogen and oxygen atoms in total. The molecule has 0 bridgehead atoms. The number of benzene rings is 1. The van der Waals surface area contributed by atoms with Crippen LogP contribution in [0.2, 0.25) is 0 Å². The Balaban J connectivity index is 3.04. The Bertz CT molecular complexity index is 912. The maximum Gasteiger partial charge on any atom is 0.326 e. The molecular formula is C24H38N6O7. The van der Waals surface area contributed by atoms with Crippen LogP contribution in [0.25, 0.3) is 0 Å². The minimum Gasteiger partial charge on any atom is -0.480 e. The van der Waals surface area contributed by atoms with E-state index in [9.17, 15) is 34.2 Å². The third-order valence-corrected chi connectivity index (χ3v) is 5.61. The summed E-state index contributed by atoms with van der Waals surface area (Å²) in [5.74, 6) is -4.35. The van der Waals surface area contributed by atoms with Gasteiger partial charge in [-0.2, -0.15) is 0 Å². The van der Waals surface area contributed by atoms with Crippen molar-refractivity contribution in [3.8, 4) is 0 Å². The summed E-state index contributed by atoms with van der Waals surface area (Å²) in [5, 5.41) is 26.5. The zero-order valence-electron chi connectivity index (χ0n) is 20.9. The van der Waals surface area contributed by atoms with Crippen LogP contribution in [0.1, 0.15) is 44.6 Å². The number of carbonyl (C=O) groups excluding carboxylic acids is 4. The van der Waals surface area contributed by atoms with E-state index in [0.717, 1.165) is 0 Å². The summed E-state index contributed by atoms with van der Waals surface area (Å²) in [7, 11) is 0. The summed E-state index contributed by atoms with van der Waals surface area (Å²) < 4.78 is 0. The van der Waals surface area contributed by atoms with E-state index < -0.39 is 59.9 Å². The Labute approximate surface area is 215 Å². The number of nitrogens with two attached hydrogens (primary N) is 3. The molecule has 0 fully saturated rings. The van der Waals surface area contributed by atoms with Crippen LogP contribution in [0.3, 0.4) is 0 Å². The highest BCUT2D eigenvalue weighted by Crippen LogP contribution is 2.07. The van der Waals surface area contributed by atoms with Gasteiger partial charge < -0.3 is 43.4 Å². The van der Waals surface area contributed by atoms with Gasteiger partial charge in [0.2, 0.25) is 23.6 Å². The number of hydrogen-bond acceptors (Lipinski definition) is 8. The van der Waals surface area contributed by atoms with Gasteiger partial charge in [-0.25, -0.2) is 4.79 Å². The van der Waals surface area contributed by atoms with E-state index in [1.165, 1.54) is 6.92 Å². The molecule has 13 heteroatoms. The molecule has 0 spiro atoms. The van der Waals surface area contributed by atoms with Crippen molar-refractivity contribution in [1.29, 1.82) is 0 Å². The zero-order valence-corrected chi connectivity index (χ0v) is 20.9. The highest BCUT2D eigenvalue weighted by Gasteiger charge is 2.31. The first-order valence-corrected chi connectivity index (χ1v) is 12.1. The minimum atomic E-state index is -1.31. The first-order valence-electron chi connectivity index (χ1n) is 12.1. The number of nitrogens with one attached hydrogen (secondary N) is 3. The quantitative estimate of drug-likeness (QED) is 0.104. The number of hydrogen-bond donors (Lipinski definition) is 8. The van der Waals surface area contributed by atoms with Crippen LogP contribution < -0.4 is 33.2 Å². The van der Waals surface area contributed by atoms with E-state index in [1.54, 1.807) is 30.3 Å². The van der Waals surface area contributed by atoms with Crippen molar-refractivity contribution in [2.24, 2.45) is 17.2 Å². The highest BCUT2D eigenvalue weighted by atomic mass is 16.4. The van der Waals surface area contributed by atoms with Gasteiger partial charge in [-0.1, -0.05) is 30.3 Å². The smallest absolute Gasteiger partial charge is 0.326 e. The lowest BCUT2D eigenvalue weighted by molar-refractivity contribution is -0.142. The number of carboxylic acids is 1. The van der Waals surface area contributed by atoms with Crippen molar-refractivity contribution in [3.05, 3.63) is 35.9 Å². The number of aliphatic hydroxyl groups is 1. The van der Waals surface area contributed by atoms with Crippen molar-refractivity contribution in [2.75, 3.05) is 6.54 Å². The van der Waals surface area contributed by atoms with Gasteiger partial charge in [0.05, 0.1) is 6.10 Å². The molecule has 0 saturated heterocycles. The van der Waals surface area contributed by atoms with Crippen LogP contribution in [0.4, 0.5) is 0 Å². The van der Waals surface area contributed by atoms with Crippen LogP contribution in [0.5, 0.6) is 0 Å². The number of amides is 4. The lowest BCUT2D eigenvalue weighted by Crippen LogP contribution is -2.58. The summed E-state index contributed by atoms with van der Waals surface area (Å²) in [6.07, 6.45) is -0.431. The summed E-state index contributed by atoms with van der Waals surface area (Å²) in [6, 6.07) is 3.64. The molecule has 5 atom stereocenters. The van der Waals surface area contributed by atoms with Crippen molar-refractivity contribution in [1.82, 2.24) is 16.0 Å². The number of unbranched alkanes of at least 4 members (excludes halogenated alkanes) is 1. The maximum absolute atomic E-state index is 13.1. The maximum atomic E-state index is 13.1. The highest BCUT2D eigenvalue weighted by molar-refractivity contribution is 5.94. The Morgan fingerprint density at radius 2 is 1.41 bits per heavy atom. The van der Waals surface area contributed by atoms with Gasteiger partial charge in [-0.15, -0.1) is 0 Å². The molecule has 1 aromatic carbocycles. The summed E-state index contributed by atoms with van der Waals surface area (Å²) in [5.41, 5.74) is 17.0. The molecule has 0 saturated carbocycles. The first-order chi connectivity index (χ1) is 17.5. The molecule has 0 aliphatic rings. The molecule has 0 aliphatic carbocycles. The Kier molecular flexibility index (Phi) is 13.8. The normalized spacial score (nSPS) is 14.9. The second kappa shape index (κ2) is 16.2. The van der Waals surface area contributed by atoms with Crippen LogP contribution in [-0.2, 0) is 30.4 Å². The SMILES string of the molecule is CC(O)C(N)C(=O)NC(CCCCN)C(=O)NC(CCC(N)=O)C(=O)NC(Cc1ccccc1)C(=O)O. The first kappa shape index (κ1) is 31.5. The molecular weight excluding hydrogens is 484 g/mol. The van der Waals surface area contributed by atoms with Gasteiger partial charge in [-0.3, -0.25) is 19.2 Å². The van der Waals surface area contributed by atoms with Crippen LogP contribution in [-0.4, -0.2) is 76.6 Å². The molecule has 206 valence electrons. The van der Waals surface area contributed by atoms with Gasteiger partial charge in [0, 0.05) is 12.8 Å². The molecule has 11 N–H and O–H groups in total. The Hall–Kier alpha value is -3.55. The number of rotatable bonds is 17. The number of carbonyl (C=O) groups is 5. The van der Waals surface area contributed by atoms with Gasteiger partial charge in [0.25, 0.3) is 0 Å². The molecule has 0 aliphatic heterocycles. The average molecular weight is 523 g/mol. The van der Waals surface area contributed by atoms with Gasteiger partial charge >= 0.3 is 5.97 Å². The van der Waals surface area contributed by atoms with Crippen molar-refractivity contribution < 1.29 is 34.2 Å². The van der Waals surface area contributed by atoms with Gasteiger partial charge in [-0.05, 0) is 44.7 Å². The van der Waals surface area contributed by atoms with Crippen molar-refractivity contribution >= 4 is 29.6 Å². The van der Waals surface area contributed by atoms with Crippen molar-refractivity contribution in [3.63, 3.8) is 0 Å². The number of carboxylic acid groups (broad SMARTS) is 1. The monoisotopic (exact) mass is 522 g/mol. The lowest BCUT2D eigenvalue weighted by Gasteiger charge is -2.25. The molecule has 0 heterocycles. The molecule has 37 heavy (non-hydrogen) atoms. The fourth-order valence-electron chi connectivity index (χ4n) is 3.40. The van der Waals surface area contributed by atoms with E-state index in [4.69, 9.17) is 17.2 Å². The molecule has 5 unspecified atom stereocenters. The standard InChI is InChI=1S/C24H38N6O7/c1-14(31)20(27)23(35)29-16(9-5-6-12-25)21(33)28-17(10-11-19(26)32)22(34)30-18(24(36)37)13-15-7-3-2-4-8-15/h2-4,7-8,14,16-18,20,31H,5-6,9-13,25,27H2,1H3,(H2,26,32)(H,28,33)(H,29,35)(H,30,34)(H,36,37). The molecule has 1 rings (SSSR count). The third-order valence-electron chi connectivity index (χ3n) is 5.61. The van der Waals surface area contributed by atoms with E-state index in [2.05, 4.69) is 16.0 Å². The van der Waals surface area contributed by atoms with Gasteiger partial charge in [0.1, 0.15) is 24.2 Å². The lowest BCUT2D eigenvalue weighted by atomic mass is 10.0. The number of aliphatic hydroxyl groups excluding tert-OH is 1. The number of primary amides is 1. The van der Waals surface area contributed by atoms with E-state index in [1.807, 2.05) is 0 Å². The Morgan fingerprint density at radius 3 is 1.92 bits per heavy atom. The van der Waals surface area contributed by atoms with E-state index >= 15 is 0 Å². The average Bonchev–Trinajstić information content (AvgIpc) is 2.85. The van der Waals surface area contributed by atoms with Gasteiger partial charge in [0.15, 0.2) is 0 Å². The predicted octanol–water partition coefficient (Wildman–Crippen LogP) is -2.13. The largest absolute Gasteiger partial charge is 0.480 e. The van der Waals surface area contributed by atoms with Crippen LogP contribution in [0.15, 0.2) is 30.3 Å². The summed E-state index contributed by atoms with van der Waals surface area (Å²) >= 11 is 0.